The lowest BCUT2D eigenvalue weighted by Gasteiger charge is -2.26. The molecular formula is C56H39N3. The largest absolute Gasteiger partial charge is 0.310 e. The normalized spacial score (nSPS) is 11.4. The maximum atomic E-state index is 2.51. The molecule has 278 valence electrons. The van der Waals surface area contributed by atoms with Crippen LogP contribution in [0.3, 0.4) is 0 Å². The van der Waals surface area contributed by atoms with Gasteiger partial charge in [-0.3, -0.25) is 0 Å². The first-order valence-corrected chi connectivity index (χ1v) is 20.2. The molecule has 0 bridgehead atoms. The average Bonchev–Trinajstić information content (AvgIpc) is 3.65. The highest BCUT2D eigenvalue weighted by molar-refractivity contribution is 6.26. The van der Waals surface area contributed by atoms with E-state index in [4.69, 9.17) is 0 Å². The third-order valence-electron chi connectivity index (χ3n) is 11.4. The van der Waals surface area contributed by atoms with E-state index < -0.39 is 0 Å². The first-order chi connectivity index (χ1) is 29.3. The van der Waals surface area contributed by atoms with E-state index in [0.717, 1.165) is 50.8 Å². The van der Waals surface area contributed by atoms with Crippen molar-refractivity contribution in [1.29, 1.82) is 0 Å². The molecule has 0 aliphatic rings. The molecule has 0 aliphatic heterocycles. The Kier molecular flexibility index (Phi) is 8.49. The molecular weight excluding hydrogens is 715 g/mol. The molecule has 10 aromatic carbocycles. The molecule has 11 rings (SSSR count). The number of aromatic nitrogens is 1. The topological polar surface area (TPSA) is 11.4 Å². The number of hydrogen-bond acceptors (Lipinski definition) is 2. The Morgan fingerprint density at radius 2 is 0.576 bits per heavy atom. The van der Waals surface area contributed by atoms with E-state index in [-0.39, 0.29) is 0 Å². The first-order valence-electron chi connectivity index (χ1n) is 20.2. The molecule has 0 fully saturated rings. The van der Waals surface area contributed by atoms with Gasteiger partial charge in [0.2, 0.25) is 0 Å². The molecule has 0 saturated heterocycles. The summed E-state index contributed by atoms with van der Waals surface area (Å²) >= 11 is 0. The fraction of sp³-hybridized carbons (Fsp3) is 0. The van der Waals surface area contributed by atoms with Crippen LogP contribution in [0, 0.1) is 0 Å². The summed E-state index contributed by atoms with van der Waals surface area (Å²) in [6.45, 7) is 0. The number of anilines is 6. The lowest BCUT2D eigenvalue weighted by atomic mass is 9.98. The summed E-state index contributed by atoms with van der Waals surface area (Å²) in [5.74, 6) is 0. The molecule has 0 radical (unpaired) electrons. The number of benzene rings is 10. The lowest BCUT2D eigenvalue weighted by molar-refractivity contribution is 1.18. The summed E-state index contributed by atoms with van der Waals surface area (Å²) in [6, 6.07) is 85.4. The van der Waals surface area contributed by atoms with Gasteiger partial charge in [-0.2, -0.15) is 0 Å². The van der Waals surface area contributed by atoms with Gasteiger partial charge in [0.25, 0.3) is 0 Å². The van der Waals surface area contributed by atoms with Gasteiger partial charge in [-0.1, -0.05) is 146 Å². The molecule has 1 heterocycles. The van der Waals surface area contributed by atoms with Gasteiger partial charge in [0.1, 0.15) is 0 Å². The van der Waals surface area contributed by atoms with E-state index in [2.05, 4.69) is 251 Å². The van der Waals surface area contributed by atoms with Gasteiger partial charge in [0, 0.05) is 50.6 Å². The van der Waals surface area contributed by atoms with Gasteiger partial charge in [-0.15, -0.1) is 0 Å². The molecule has 0 N–H and O–H groups in total. The zero-order valence-electron chi connectivity index (χ0n) is 32.4. The standard InChI is InChI=1S/C56H39N3/c1-7-19-40(20-8-1)44-33-45(41-21-9-2-10-22-41)37-50(36-44)59-53-38-51(57(46-23-11-3-12-24-46)47-25-13-4-14-26-47)34-42-31-32-43-35-52(39-54(59)56(43)55(42)53)58(48-27-15-5-16-28-48)49-29-17-6-18-30-49/h1-39H. The van der Waals surface area contributed by atoms with Crippen molar-refractivity contribution in [2.75, 3.05) is 9.80 Å². The van der Waals surface area contributed by atoms with Crippen LogP contribution in [0.25, 0.3) is 60.5 Å². The van der Waals surface area contributed by atoms with Crippen molar-refractivity contribution in [2.24, 2.45) is 0 Å². The lowest BCUT2D eigenvalue weighted by Crippen LogP contribution is -2.10. The van der Waals surface area contributed by atoms with E-state index >= 15 is 0 Å². The maximum absolute atomic E-state index is 2.51. The van der Waals surface area contributed by atoms with Crippen molar-refractivity contribution in [1.82, 2.24) is 4.57 Å². The highest BCUT2D eigenvalue weighted by atomic mass is 15.2. The van der Waals surface area contributed by atoms with E-state index in [1.807, 2.05) is 0 Å². The van der Waals surface area contributed by atoms with Crippen molar-refractivity contribution < 1.29 is 0 Å². The second kappa shape index (κ2) is 14.6. The molecule has 0 atom stereocenters. The van der Waals surface area contributed by atoms with Gasteiger partial charge < -0.3 is 14.4 Å². The van der Waals surface area contributed by atoms with Crippen molar-refractivity contribution in [3.63, 3.8) is 0 Å². The number of para-hydroxylation sites is 4. The third-order valence-corrected chi connectivity index (χ3v) is 11.4. The van der Waals surface area contributed by atoms with Crippen molar-refractivity contribution in [3.05, 3.63) is 237 Å². The molecule has 0 spiro atoms. The van der Waals surface area contributed by atoms with Crippen LogP contribution in [0.15, 0.2) is 237 Å². The number of hydrogen-bond donors (Lipinski definition) is 0. The van der Waals surface area contributed by atoms with Gasteiger partial charge in [-0.25, -0.2) is 0 Å². The predicted molar refractivity (Wildman–Crippen MR) is 250 cm³/mol. The Bertz CT molecular complexity index is 2890. The van der Waals surface area contributed by atoms with Crippen LogP contribution in [0.5, 0.6) is 0 Å². The Morgan fingerprint density at radius 1 is 0.254 bits per heavy atom. The second-order valence-electron chi connectivity index (χ2n) is 15.0. The minimum atomic E-state index is 1.10. The smallest absolute Gasteiger partial charge is 0.0568 e. The molecule has 11 aromatic rings. The van der Waals surface area contributed by atoms with Crippen molar-refractivity contribution in [3.8, 4) is 27.9 Å². The molecule has 0 aliphatic carbocycles. The third kappa shape index (κ3) is 6.17. The molecule has 1 aromatic heterocycles. The van der Waals surface area contributed by atoms with Crippen LogP contribution < -0.4 is 9.80 Å². The molecule has 0 saturated carbocycles. The van der Waals surface area contributed by atoms with Crippen molar-refractivity contribution >= 4 is 66.7 Å². The first kappa shape index (κ1) is 34.4. The summed E-state index contributed by atoms with van der Waals surface area (Å²) in [7, 11) is 0. The summed E-state index contributed by atoms with van der Waals surface area (Å²) in [4.78, 5) is 4.74. The van der Waals surface area contributed by atoms with Crippen LogP contribution in [-0.2, 0) is 0 Å². The minimum absolute atomic E-state index is 1.10. The fourth-order valence-electron chi connectivity index (χ4n) is 8.81. The molecule has 0 amide bonds. The fourth-order valence-corrected chi connectivity index (χ4v) is 8.81. The van der Waals surface area contributed by atoms with Gasteiger partial charge in [-0.05, 0) is 124 Å². The molecule has 3 heteroatoms. The van der Waals surface area contributed by atoms with Crippen LogP contribution >= 0.6 is 0 Å². The molecule has 0 unspecified atom stereocenters. The van der Waals surface area contributed by atoms with Crippen molar-refractivity contribution in [2.45, 2.75) is 0 Å². The van der Waals surface area contributed by atoms with E-state index in [0.29, 0.717) is 0 Å². The zero-order chi connectivity index (χ0) is 39.1. The highest BCUT2D eigenvalue weighted by Crippen LogP contribution is 2.47. The number of rotatable bonds is 9. The maximum Gasteiger partial charge on any atom is 0.0568 e. The monoisotopic (exact) mass is 753 g/mol. The van der Waals surface area contributed by atoms with Crippen LogP contribution in [-0.4, -0.2) is 4.57 Å². The SMILES string of the molecule is c1ccc(-c2cc(-c3ccccc3)cc(-n3c4cc(N(c5ccccc5)c5ccccc5)cc5ccc6cc(N(c7ccccc7)c7ccccc7)cc3c6c54)c2)cc1. The summed E-state index contributed by atoms with van der Waals surface area (Å²) in [5.41, 5.74) is 14.7. The van der Waals surface area contributed by atoms with Gasteiger partial charge >= 0.3 is 0 Å². The minimum Gasteiger partial charge on any atom is -0.310 e. The van der Waals surface area contributed by atoms with Crippen LogP contribution in [0.4, 0.5) is 34.1 Å². The molecule has 3 nitrogen and oxygen atoms in total. The Morgan fingerprint density at radius 3 is 0.915 bits per heavy atom. The van der Waals surface area contributed by atoms with Gasteiger partial charge in [0.05, 0.1) is 11.0 Å². The highest BCUT2D eigenvalue weighted by Gasteiger charge is 2.24. The summed E-state index contributed by atoms with van der Waals surface area (Å²) in [5, 5.41) is 4.91. The second-order valence-corrected chi connectivity index (χ2v) is 15.0. The zero-order valence-corrected chi connectivity index (χ0v) is 32.4. The van der Waals surface area contributed by atoms with E-state index in [9.17, 15) is 0 Å². The van der Waals surface area contributed by atoms with Crippen LogP contribution in [0.2, 0.25) is 0 Å². The van der Waals surface area contributed by atoms with E-state index in [1.54, 1.807) is 0 Å². The average molecular weight is 754 g/mol. The predicted octanol–water partition coefficient (Wildman–Crippen LogP) is 15.6. The van der Waals surface area contributed by atoms with E-state index in [1.165, 1.54) is 43.8 Å². The number of nitrogens with zero attached hydrogens (tertiary/aromatic N) is 3. The Balaban J connectivity index is 1.25. The van der Waals surface area contributed by atoms with Crippen LogP contribution in [0.1, 0.15) is 0 Å². The Hall–Kier alpha value is -7.88. The summed E-state index contributed by atoms with van der Waals surface area (Å²) < 4.78 is 2.51. The quantitative estimate of drug-likeness (QED) is 0.136. The van der Waals surface area contributed by atoms with Gasteiger partial charge in [0.15, 0.2) is 0 Å². The molecule has 59 heavy (non-hydrogen) atoms. The Labute approximate surface area is 344 Å². The summed E-state index contributed by atoms with van der Waals surface area (Å²) in [6.07, 6.45) is 0.